The molecule has 2 N–H and O–H groups in total. The van der Waals surface area contributed by atoms with E-state index in [4.69, 9.17) is 5.11 Å². The zero-order valence-electron chi connectivity index (χ0n) is 8.81. The molecule has 1 unspecified atom stereocenters. The van der Waals surface area contributed by atoms with Crippen molar-refractivity contribution in [1.29, 1.82) is 0 Å². The standard InChI is InChI=1S/C8H5BrF3N3O4/c9-3-1-13-2-4(15(18)19)5(3)14-6(7(16)17)8(10,11)12/h1-2,6H,(H,13,14)(H,16,17). The van der Waals surface area contributed by atoms with E-state index in [2.05, 4.69) is 20.9 Å². The summed E-state index contributed by atoms with van der Waals surface area (Å²) >= 11 is 2.77. The van der Waals surface area contributed by atoms with Crippen LogP contribution in [0.4, 0.5) is 24.5 Å². The van der Waals surface area contributed by atoms with Crippen molar-refractivity contribution in [3.05, 3.63) is 27.0 Å². The molecule has 0 saturated carbocycles. The molecule has 1 atom stereocenters. The SMILES string of the molecule is O=C(O)C(Nc1c(Br)cncc1[N+](=O)[O-])C(F)(F)F. The van der Waals surface area contributed by atoms with Crippen molar-refractivity contribution in [2.75, 3.05) is 5.32 Å². The molecule has 0 fully saturated rings. The van der Waals surface area contributed by atoms with Crippen molar-refractivity contribution >= 4 is 33.3 Å². The summed E-state index contributed by atoms with van der Waals surface area (Å²) in [5, 5.41) is 20.7. The zero-order valence-corrected chi connectivity index (χ0v) is 10.4. The molecule has 1 aromatic heterocycles. The van der Waals surface area contributed by atoms with Crippen molar-refractivity contribution in [2.24, 2.45) is 0 Å². The van der Waals surface area contributed by atoms with E-state index in [1.807, 2.05) is 0 Å². The summed E-state index contributed by atoms with van der Waals surface area (Å²) in [5.41, 5.74) is -1.38. The first kappa shape index (κ1) is 15.1. The second-order valence-corrected chi connectivity index (χ2v) is 4.08. The first-order valence-corrected chi connectivity index (χ1v) is 5.28. The molecule has 11 heteroatoms. The molecule has 0 saturated heterocycles. The Labute approximate surface area is 111 Å². The van der Waals surface area contributed by atoms with Gasteiger partial charge in [0.15, 0.2) is 0 Å². The van der Waals surface area contributed by atoms with Crippen molar-refractivity contribution in [2.45, 2.75) is 12.2 Å². The van der Waals surface area contributed by atoms with Gasteiger partial charge in [-0.1, -0.05) is 0 Å². The summed E-state index contributed by atoms with van der Waals surface area (Å²) in [6.45, 7) is 0. The van der Waals surface area contributed by atoms with E-state index in [1.54, 1.807) is 5.32 Å². The Morgan fingerprint density at radius 2 is 2.11 bits per heavy atom. The van der Waals surface area contributed by atoms with Crippen LogP contribution >= 0.6 is 15.9 Å². The van der Waals surface area contributed by atoms with Gasteiger partial charge in [0.25, 0.3) is 0 Å². The average molecular weight is 344 g/mol. The van der Waals surface area contributed by atoms with E-state index >= 15 is 0 Å². The lowest BCUT2D eigenvalue weighted by Crippen LogP contribution is -2.43. The fraction of sp³-hybridized carbons (Fsp3) is 0.250. The second kappa shape index (κ2) is 5.38. The molecule has 0 aliphatic rings. The summed E-state index contributed by atoms with van der Waals surface area (Å²) < 4.78 is 37.3. The van der Waals surface area contributed by atoms with E-state index in [1.165, 1.54) is 0 Å². The number of aromatic nitrogens is 1. The highest BCUT2D eigenvalue weighted by Gasteiger charge is 2.46. The maximum absolute atomic E-state index is 12.5. The number of carboxylic acid groups (broad SMARTS) is 1. The third-order valence-corrected chi connectivity index (χ3v) is 2.54. The minimum atomic E-state index is -5.11. The minimum absolute atomic E-state index is 0.155. The molecule has 0 bridgehead atoms. The molecule has 19 heavy (non-hydrogen) atoms. The Hall–Kier alpha value is -1.91. The number of aliphatic carboxylic acids is 1. The van der Waals surface area contributed by atoms with Gasteiger partial charge < -0.3 is 10.4 Å². The summed E-state index contributed by atoms with van der Waals surface area (Å²) in [6.07, 6.45) is -3.39. The Morgan fingerprint density at radius 3 is 2.53 bits per heavy atom. The molecule has 0 aliphatic heterocycles. The number of anilines is 1. The van der Waals surface area contributed by atoms with Crippen molar-refractivity contribution < 1.29 is 28.0 Å². The number of pyridine rings is 1. The third-order valence-electron chi connectivity index (χ3n) is 1.94. The lowest BCUT2D eigenvalue weighted by atomic mass is 10.2. The van der Waals surface area contributed by atoms with Gasteiger partial charge in [-0.3, -0.25) is 15.1 Å². The fourth-order valence-electron chi connectivity index (χ4n) is 1.13. The monoisotopic (exact) mass is 343 g/mol. The summed E-state index contributed by atoms with van der Waals surface area (Å²) in [4.78, 5) is 23.7. The predicted molar refractivity (Wildman–Crippen MR) is 59.7 cm³/mol. The van der Waals surface area contributed by atoms with Gasteiger partial charge in [0.1, 0.15) is 11.9 Å². The average Bonchev–Trinajstić information content (AvgIpc) is 2.24. The molecule has 0 amide bonds. The van der Waals surface area contributed by atoms with Crippen LogP contribution in [0.5, 0.6) is 0 Å². The van der Waals surface area contributed by atoms with Crippen molar-refractivity contribution in [1.82, 2.24) is 4.98 Å². The van der Waals surface area contributed by atoms with Crippen LogP contribution in [0.15, 0.2) is 16.9 Å². The van der Waals surface area contributed by atoms with E-state index < -0.39 is 34.5 Å². The van der Waals surface area contributed by atoms with Crippen LogP contribution in [0.1, 0.15) is 0 Å². The topological polar surface area (TPSA) is 105 Å². The molecule has 1 heterocycles. The first-order valence-electron chi connectivity index (χ1n) is 4.48. The highest BCUT2D eigenvalue weighted by atomic mass is 79.9. The van der Waals surface area contributed by atoms with Crippen LogP contribution in [0.3, 0.4) is 0 Å². The van der Waals surface area contributed by atoms with Gasteiger partial charge in [-0.05, 0) is 15.9 Å². The number of carbonyl (C=O) groups is 1. The number of carboxylic acids is 1. The summed E-state index contributed by atoms with van der Waals surface area (Å²) in [5.74, 6) is -2.20. The lowest BCUT2D eigenvalue weighted by Gasteiger charge is -2.19. The quantitative estimate of drug-likeness (QED) is 0.641. The lowest BCUT2D eigenvalue weighted by molar-refractivity contribution is -0.384. The number of halogens is 4. The molecular weight excluding hydrogens is 339 g/mol. The van der Waals surface area contributed by atoms with Crippen LogP contribution in [0.2, 0.25) is 0 Å². The normalized spacial score (nSPS) is 12.8. The van der Waals surface area contributed by atoms with Gasteiger partial charge in [0, 0.05) is 6.20 Å². The predicted octanol–water partition coefficient (Wildman–Crippen LogP) is 2.18. The third kappa shape index (κ3) is 3.53. The van der Waals surface area contributed by atoms with Crippen LogP contribution in [0.25, 0.3) is 0 Å². The van der Waals surface area contributed by atoms with Gasteiger partial charge in [0.2, 0.25) is 6.04 Å². The van der Waals surface area contributed by atoms with E-state index in [0.29, 0.717) is 6.20 Å². The van der Waals surface area contributed by atoms with Gasteiger partial charge in [-0.25, -0.2) is 4.79 Å². The highest BCUT2D eigenvalue weighted by Crippen LogP contribution is 2.34. The van der Waals surface area contributed by atoms with E-state index in [-0.39, 0.29) is 4.47 Å². The van der Waals surface area contributed by atoms with E-state index in [0.717, 1.165) is 6.20 Å². The number of alkyl halides is 3. The molecule has 1 aromatic rings. The molecule has 0 radical (unpaired) electrons. The fourth-order valence-corrected chi connectivity index (χ4v) is 1.57. The smallest absolute Gasteiger partial charge is 0.419 e. The van der Waals surface area contributed by atoms with Gasteiger partial charge in [0.05, 0.1) is 9.40 Å². The molecule has 0 aromatic carbocycles. The van der Waals surface area contributed by atoms with Crippen LogP contribution in [0, 0.1) is 10.1 Å². The highest BCUT2D eigenvalue weighted by molar-refractivity contribution is 9.10. The second-order valence-electron chi connectivity index (χ2n) is 3.23. The molecule has 7 nitrogen and oxygen atoms in total. The molecule has 1 rings (SSSR count). The van der Waals surface area contributed by atoms with Crippen LogP contribution in [-0.2, 0) is 4.79 Å². The first-order chi connectivity index (χ1) is 8.64. The van der Waals surface area contributed by atoms with Crippen molar-refractivity contribution in [3.63, 3.8) is 0 Å². The largest absolute Gasteiger partial charge is 0.479 e. The van der Waals surface area contributed by atoms with Gasteiger partial charge in [-0.2, -0.15) is 13.2 Å². The minimum Gasteiger partial charge on any atom is -0.479 e. The van der Waals surface area contributed by atoms with Crippen LogP contribution in [-0.4, -0.2) is 33.2 Å². The van der Waals surface area contributed by atoms with E-state index in [9.17, 15) is 28.1 Å². The number of rotatable bonds is 4. The summed E-state index contributed by atoms with van der Waals surface area (Å²) in [7, 11) is 0. The maximum atomic E-state index is 12.5. The molecule has 0 aliphatic carbocycles. The number of nitrogens with one attached hydrogen (secondary N) is 1. The Bertz CT molecular complexity index is 522. The number of nitrogens with zero attached hydrogens (tertiary/aromatic N) is 2. The van der Waals surface area contributed by atoms with Crippen molar-refractivity contribution in [3.8, 4) is 0 Å². The number of hydrogen-bond acceptors (Lipinski definition) is 5. The molecular formula is C8H5BrF3N3O4. The zero-order chi connectivity index (χ0) is 14.8. The maximum Gasteiger partial charge on any atom is 0.419 e. The number of hydrogen-bond donors (Lipinski definition) is 2. The Morgan fingerprint density at radius 1 is 1.53 bits per heavy atom. The number of nitro groups is 1. The Balaban J connectivity index is 3.24. The summed E-state index contributed by atoms with van der Waals surface area (Å²) in [6, 6.07) is -2.97. The van der Waals surface area contributed by atoms with Gasteiger partial charge in [-0.15, -0.1) is 0 Å². The Kier molecular flexibility index (Phi) is 4.29. The molecule has 104 valence electrons. The molecule has 0 spiro atoms. The van der Waals surface area contributed by atoms with Crippen LogP contribution < -0.4 is 5.32 Å². The van der Waals surface area contributed by atoms with Gasteiger partial charge >= 0.3 is 17.8 Å².